The minimum Gasteiger partial charge on any atom is -0.454 e. The van der Waals surface area contributed by atoms with E-state index >= 15 is 0 Å². The van der Waals surface area contributed by atoms with Crippen LogP contribution in [0.2, 0.25) is 0 Å². The second-order valence-electron chi connectivity index (χ2n) is 10.7. The third-order valence-corrected chi connectivity index (χ3v) is 8.17. The van der Waals surface area contributed by atoms with Gasteiger partial charge < -0.3 is 4.42 Å². The highest BCUT2D eigenvalue weighted by atomic mass is 16.3. The molecule has 0 N–H and O–H groups in total. The quantitative estimate of drug-likeness (QED) is 0.205. The molecule has 0 saturated heterocycles. The Morgan fingerprint density at radius 3 is 2.05 bits per heavy atom. The van der Waals surface area contributed by atoms with E-state index in [9.17, 15) is 0 Å². The first kappa shape index (κ1) is 23.7. The smallest absolute Gasteiger partial charge is 0.164 e. The molecular weight excluding hydrogens is 528 g/mol. The molecule has 0 unspecified atom stereocenters. The second kappa shape index (κ2) is 9.29. The summed E-state index contributed by atoms with van der Waals surface area (Å²) in [6, 6.07) is 43.5. The first-order valence-corrected chi connectivity index (χ1v) is 14.2. The molecule has 0 aliphatic rings. The monoisotopic (exact) mass is 550 g/mol. The van der Waals surface area contributed by atoms with Crippen molar-refractivity contribution in [2.75, 3.05) is 0 Å². The molecule has 0 atom stereocenters. The standard InChI is InChI=1S/C38H22N4O/c1-2-10-25(11-3-1)36-40-37(42-38(41-36)30-15-7-16-31-34(30)35-32(43-31)17-8-22-39-35)29-14-6-13-28-27(29)21-20-24-19-18-23-9-4-5-12-26(23)33(24)28/h1-22H. The zero-order valence-corrected chi connectivity index (χ0v) is 22.9. The molecular formula is C38H22N4O. The van der Waals surface area contributed by atoms with Crippen molar-refractivity contribution in [3.63, 3.8) is 0 Å². The highest BCUT2D eigenvalue weighted by molar-refractivity contribution is 6.22. The van der Waals surface area contributed by atoms with E-state index in [4.69, 9.17) is 19.4 Å². The van der Waals surface area contributed by atoms with Gasteiger partial charge in [0, 0.05) is 22.9 Å². The summed E-state index contributed by atoms with van der Waals surface area (Å²) in [6.45, 7) is 0. The van der Waals surface area contributed by atoms with Gasteiger partial charge in [-0.05, 0) is 50.5 Å². The van der Waals surface area contributed by atoms with Gasteiger partial charge in [0.25, 0.3) is 0 Å². The lowest BCUT2D eigenvalue weighted by Gasteiger charge is -2.13. The molecule has 0 aliphatic carbocycles. The van der Waals surface area contributed by atoms with Gasteiger partial charge in [0.1, 0.15) is 11.1 Å². The van der Waals surface area contributed by atoms with Gasteiger partial charge in [-0.1, -0.05) is 109 Å². The van der Waals surface area contributed by atoms with Crippen LogP contribution in [0.4, 0.5) is 0 Å². The Hall–Kier alpha value is -5.94. The van der Waals surface area contributed by atoms with Crippen LogP contribution in [0.25, 0.3) is 88.5 Å². The second-order valence-corrected chi connectivity index (χ2v) is 10.7. The molecule has 9 aromatic rings. The molecule has 3 heterocycles. The van der Waals surface area contributed by atoms with Crippen LogP contribution in [-0.4, -0.2) is 19.9 Å². The molecule has 5 nitrogen and oxygen atoms in total. The Labute approximate surface area is 246 Å². The van der Waals surface area contributed by atoms with Crippen molar-refractivity contribution >= 4 is 54.4 Å². The highest BCUT2D eigenvalue weighted by Gasteiger charge is 2.19. The van der Waals surface area contributed by atoms with Gasteiger partial charge in [-0.2, -0.15) is 0 Å². The summed E-state index contributed by atoms with van der Waals surface area (Å²) in [6.07, 6.45) is 1.78. The SMILES string of the molecule is c1ccc(-c2nc(-c3cccc4c3ccc3ccc5ccccc5c34)nc(-c3cccc4oc5cccnc5c34)n2)cc1. The predicted octanol–water partition coefficient (Wildman–Crippen LogP) is 9.63. The third-order valence-electron chi connectivity index (χ3n) is 8.17. The first-order valence-electron chi connectivity index (χ1n) is 14.2. The fourth-order valence-electron chi connectivity index (χ4n) is 6.22. The molecule has 3 aromatic heterocycles. The van der Waals surface area contributed by atoms with Crippen LogP contribution in [0, 0.1) is 0 Å². The van der Waals surface area contributed by atoms with Gasteiger partial charge in [0.05, 0.1) is 5.39 Å². The predicted molar refractivity (Wildman–Crippen MR) is 174 cm³/mol. The van der Waals surface area contributed by atoms with Crippen LogP contribution in [-0.2, 0) is 0 Å². The van der Waals surface area contributed by atoms with Gasteiger partial charge in [0.2, 0.25) is 0 Å². The molecule has 5 heteroatoms. The Bertz CT molecular complexity index is 2520. The third kappa shape index (κ3) is 3.72. The molecule has 0 radical (unpaired) electrons. The molecule has 0 spiro atoms. The van der Waals surface area contributed by atoms with Crippen LogP contribution in [0.15, 0.2) is 138 Å². The first-order chi connectivity index (χ1) is 21.3. The molecule has 43 heavy (non-hydrogen) atoms. The van der Waals surface area contributed by atoms with Crippen LogP contribution < -0.4 is 0 Å². The number of pyridine rings is 1. The number of hydrogen-bond donors (Lipinski definition) is 0. The molecule has 0 bridgehead atoms. The van der Waals surface area contributed by atoms with Crippen molar-refractivity contribution in [1.29, 1.82) is 0 Å². The minimum atomic E-state index is 0.575. The lowest BCUT2D eigenvalue weighted by Crippen LogP contribution is -2.01. The lowest BCUT2D eigenvalue weighted by atomic mass is 9.94. The summed E-state index contributed by atoms with van der Waals surface area (Å²) < 4.78 is 6.14. The zero-order chi connectivity index (χ0) is 28.3. The van der Waals surface area contributed by atoms with Gasteiger partial charge in [-0.25, -0.2) is 15.0 Å². The maximum Gasteiger partial charge on any atom is 0.164 e. The highest BCUT2D eigenvalue weighted by Crippen LogP contribution is 2.38. The summed E-state index contributed by atoms with van der Waals surface area (Å²) >= 11 is 0. The average Bonchev–Trinajstić information content (AvgIpc) is 3.47. The van der Waals surface area contributed by atoms with Crippen LogP contribution in [0.5, 0.6) is 0 Å². The van der Waals surface area contributed by atoms with E-state index in [-0.39, 0.29) is 0 Å². The van der Waals surface area contributed by atoms with Crippen molar-refractivity contribution in [3.8, 4) is 34.2 Å². The largest absolute Gasteiger partial charge is 0.454 e. The van der Waals surface area contributed by atoms with E-state index in [2.05, 4.69) is 71.7 Å². The number of rotatable bonds is 3. The topological polar surface area (TPSA) is 64.7 Å². The lowest BCUT2D eigenvalue weighted by molar-refractivity contribution is 0.668. The van der Waals surface area contributed by atoms with Crippen molar-refractivity contribution < 1.29 is 4.42 Å². The van der Waals surface area contributed by atoms with Crippen LogP contribution in [0.3, 0.4) is 0 Å². The Morgan fingerprint density at radius 1 is 0.419 bits per heavy atom. The molecule has 200 valence electrons. The number of benzene rings is 6. The van der Waals surface area contributed by atoms with Gasteiger partial charge in [-0.3, -0.25) is 4.98 Å². The van der Waals surface area contributed by atoms with Gasteiger partial charge in [0.15, 0.2) is 23.1 Å². The summed E-state index contributed by atoms with van der Waals surface area (Å²) in [7, 11) is 0. The van der Waals surface area contributed by atoms with E-state index in [1.54, 1.807) is 6.20 Å². The summed E-state index contributed by atoms with van der Waals surface area (Å²) in [5.74, 6) is 1.81. The van der Waals surface area contributed by atoms with E-state index in [0.717, 1.165) is 44.1 Å². The van der Waals surface area contributed by atoms with Crippen molar-refractivity contribution in [3.05, 3.63) is 134 Å². The van der Waals surface area contributed by atoms with Crippen molar-refractivity contribution in [2.24, 2.45) is 0 Å². The van der Waals surface area contributed by atoms with Gasteiger partial charge in [-0.15, -0.1) is 0 Å². The Morgan fingerprint density at radius 2 is 1.12 bits per heavy atom. The number of hydrogen-bond acceptors (Lipinski definition) is 5. The van der Waals surface area contributed by atoms with Gasteiger partial charge >= 0.3 is 0 Å². The van der Waals surface area contributed by atoms with E-state index in [1.165, 1.54) is 26.9 Å². The fraction of sp³-hybridized carbons (Fsp3) is 0. The summed E-state index contributed by atoms with van der Waals surface area (Å²) in [5.41, 5.74) is 5.00. The molecule has 0 fully saturated rings. The molecule has 0 aliphatic heterocycles. The number of nitrogens with zero attached hydrogens (tertiary/aromatic N) is 4. The van der Waals surface area contributed by atoms with Crippen molar-refractivity contribution in [2.45, 2.75) is 0 Å². The number of aromatic nitrogens is 4. The minimum absolute atomic E-state index is 0.575. The van der Waals surface area contributed by atoms with Crippen LogP contribution in [0.1, 0.15) is 0 Å². The molecule has 0 amide bonds. The molecule has 0 saturated carbocycles. The number of fused-ring (bicyclic) bond motifs is 8. The molecule has 9 rings (SSSR count). The average molecular weight is 551 g/mol. The fourth-order valence-corrected chi connectivity index (χ4v) is 6.22. The Balaban J connectivity index is 1.35. The van der Waals surface area contributed by atoms with Crippen LogP contribution >= 0.6 is 0 Å². The molecule has 6 aromatic carbocycles. The maximum absolute atomic E-state index is 6.14. The summed E-state index contributed by atoms with van der Waals surface area (Å²) in [5, 5.41) is 8.04. The number of furan rings is 1. The zero-order valence-electron chi connectivity index (χ0n) is 22.9. The summed E-state index contributed by atoms with van der Waals surface area (Å²) in [4.78, 5) is 19.9. The van der Waals surface area contributed by atoms with E-state index in [0.29, 0.717) is 17.5 Å². The normalized spacial score (nSPS) is 11.7. The van der Waals surface area contributed by atoms with E-state index < -0.39 is 0 Å². The van der Waals surface area contributed by atoms with E-state index in [1.807, 2.05) is 60.7 Å². The van der Waals surface area contributed by atoms with Crippen molar-refractivity contribution in [1.82, 2.24) is 19.9 Å². The maximum atomic E-state index is 6.14. The Kier molecular flexibility index (Phi) is 5.13.